The van der Waals surface area contributed by atoms with E-state index in [4.69, 9.17) is 32.8 Å². The lowest BCUT2D eigenvalue weighted by atomic mass is 9.66. The van der Waals surface area contributed by atoms with Gasteiger partial charge in [-0.2, -0.15) is 0 Å². The normalized spacial score (nSPS) is 34.4. The number of rotatable bonds is 5. The van der Waals surface area contributed by atoms with Crippen LogP contribution >= 0.6 is 0 Å². The minimum atomic E-state index is -1.68. The molecule has 0 amide bonds. The van der Waals surface area contributed by atoms with Gasteiger partial charge in [0, 0.05) is 16.9 Å². The summed E-state index contributed by atoms with van der Waals surface area (Å²) in [5, 5.41) is -0.152. The van der Waals surface area contributed by atoms with Crippen molar-refractivity contribution in [1.29, 1.82) is 0 Å². The molecule has 2 aromatic carbocycles. The van der Waals surface area contributed by atoms with Crippen molar-refractivity contribution in [2.24, 2.45) is 21.7 Å². The number of esters is 4. The maximum absolute atomic E-state index is 14.7. The standard InChI is InChI=1S/C39H41FO12/c1-33(2)28(49-32(45)39-15-13-37(8,30(43)52-39)35(39,5)6)27(48-31(44)38-14-12-36(7,29(42)51-38)34(38,3)4)24-22(50-33)17-21(46-9)23-25(41)19-16-18(40)10-11-20(19)47-26(23)24/h10-11,16-17,27-28H,12-15H2,1-9H3/t27-,28-,36?,37?,38?,39?/m1/s1. The van der Waals surface area contributed by atoms with Gasteiger partial charge < -0.3 is 32.8 Å². The number of carbonyl (C=O) groups excluding carboxylic acids is 4. The second-order valence-corrected chi connectivity index (χ2v) is 17.0. The second kappa shape index (κ2) is 10.0. The summed E-state index contributed by atoms with van der Waals surface area (Å²) in [7, 11) is 1.35. The van der Waals surface area contributed by atoms with Crippen molar-refractivity contribution in [3.05, 3.63) is 45.9 Å². The summed E-state index contributed by atoms with van der Waals surface area (Å²) in [4.78, 5) is 69.6. The van der Waals surface area contributed by atoms with E-state index in [0.717, 1.165) is 12.1 Å². The SMILES string of the molecule is COc1cc2c(c3oc4ccc(F)cc4c(=O)c13)[C@@H](OC(=O)C13CCC(C)(C(=O)O1)C3(C)C)[C@@H](OC(=O)C13CCC(C)(C(=O)O1)C3(C)C)C(C)(C)O2. The molecular weight excluding hydrogens is 679 g/mol. The number of hydrogen-bond donors (Lipinski definition) is 0. The highest BCUT2D eigenvalue weighted by Gasteiger charge is 2.78. The highest BCUT2D eigenvalue weighted by Crippen LogP contribution is 2.68. The van der Waals surface area contributed by atoms with Gasteiger partial charge in [0.25, 0.3) is 0 Å². The summed E-state index contributed by atoms with van der Waals surface area (Å²) in [6, 6.07) is 4.92. The smallest absolute Gasteiger partial charge is 0.351 e. The Hall–Kier alpha value is -4.68. The van der Waals surface area contributed by atoms with Gasteiger partial charge in [-0.1, -0.05) is 27.7 Å². The number of hydrogen-bond acceptors (Lipinski definition) is 12. The fourth-order valence-corrected chi connectivity index (χ4v) is 9.48. The Morgan fingerprint density at radius 2 is 1.33 bits per heavy atom. The molecule has 4 bridgehead atoms. The largest absolute Gasteiger partial charge is 0.496 e. The maximum Gasteiger partial charge on any atom is 0.351 e. The average Bonchev–Trinajstić information content (AvgIpc) is 3.53. The first-order valence-corrected chi connectivity index (χ1v) is 17.5. The first-order valence-electron chi connectivity index (χ1n) is 17.5. The van der Waals surface area contributed by atoms with Crippen LogP contribution in [0.15, 0.2) is 33.5 Å². The second-order valence-electron chi connectivity index (χ2n) is 17.0. The minimum Gasteiger partial charge on any atom is -0.496 e. The van der Waals surface area contributed by atoms with Crippen LogP contribution < -0.4 is 14.9 Å². The molecule has 0 N–H and O–H groups in total. The zero-order chi connectivity index (χ0) is 37.8. The highest BCUT2D eigenvalue weighted by atomic mass is 19.1. The Kier molecular flexibility index (Phi) is 6.65. The topological polar surface area (TPSA) is 154 Å². The third-order valence-corrected chi connectivity index (χ3v) is 14.0. The van der Waals surface area contributed by atoms with E-state index in [2.05, 4.69) is 0 Å². The molecule has 2 saturated carbocycles. The zero-order valence-corrected chi connectivity index (χ0v) is 30.6. The molecule has 0 spiro atoms. The third-order valence-electron chi connectivity index (χ3n) is 14.0. The number of carbonyl (C=O) groups is 4. The number of benzene rings is 2. The molecule has 13 heteroatoms. The quantitative estimate of drug-likeness (QED) is 0.172. The van der Waals surface area contributed by atoms with Crippen LogP contribution in [0.25, 0.3) is 21.9 Å². The van der Waals surface area contributed by atoms with Crippen LogP contribution in [0.4, 0.5) is 4.39 Å². The molecule has 4 unspecified atom stereocenters. The lowest BCUT2D eigenvalue weighted by Gasteiger charge is -2.46. The number of ether oxygens (including phenoxy) is 6. The molecule has 12 nitrogen and oxygen atoms in total. The van der Waals surface area contributed by atoms with Crippen LogP contribution in [0.3, 0.4) is 0 Å². The summed E-state index contributed by atoms with van der Waals surface area (Å²) in [5.74, 6) is -3.28. The third kappa shape index (κ3) is 3.79. The fraction of sp³-hybridized carbons (Fsp3) is 0.564. The molecule has 52 heavy (non-hydrogen) atoms. The minimum absolute atomic E-state index is 0.0255. The van der Waals surface area contributed by atoms with Gasteiger partial charge in [-0.05, 0) is 71.6 Å². The van der Waals surface area contributed by atoms with E-state index in [0.29, 0.717) is 12.8 Å². The van der Waals surface area contributed by atoms with Gasteiger partial charge in [-0.3, -0.25) is 14.4 Å². The first kappa shape index (κ1) is 34.4. The van der Waals surface area contributed by atoms with Crippen LogP contribution in [0.2, 0.25) is 0 Å². The van der Waals surface area contributed by atoms with Crippen molar-refractivity contribution in [3.8, 4) is 11.5 Å². The van der Waals surface area contributed by atoms with Crippen LogP contribution in [0.5, 0.6) is 11.5 Å². The Bertz CT molecular complexity index is 2240. The maximum atomic E-state index is 14.7. The molecule has 6 atom stereocenters. The molecule has 276 valence electrons. The van der Waals surface area contributed by atoms with Gasteiger partial charge >= 0.3 is 23.9 Å². The lowest BCUT2D eigenvalue weighted by Crippen LogP contribution is -2.57. The van der Waals surface area contributed by atoms with Crippen molar-refractivity contribution in [3.63, 3.8) is 0 Å². The van der Waals surface area contributed by atoms with Crippen LogP contribution in [-0.2, 0) is 38.1 Å². The molecule has 5 aliphatic rings. The van der Waals surface area contributed by atoms with E-state index in [1.54, 1.807) is 55.4 Å². The highest BCUT2D eigenvalue weighted by molar-refractivity contribution is 5.98. The summed E-state index contributed by atoms with van der Waals surface area (Å²) < 4.78 is 57.3. The predicted molar refractivity (Wildman–Crippen MR) is 180 cm³/mol. The van der Waals surface area contributed by atoms with Gasteiger partial charge in [0.15, 0.2) is 17.8 Å². The summed E-state index contributed by atoms with van der Waals surface area (Å²) >= 11 is 0. The molecule has 4 fully saturated rings. The summed E-state index contributed by atoms with van der Waals surface area (Å²) in [6.07, 6.45) is -1.79. The number of halogens is 1. The first-order chi connectivity index (χ1) is 24.1. The molecule has 2 saturated heterocycles. The molecular formula is C39H41FO12. The Balaban J connectivity index is 1.33. The molecule has 3 aliphatic heterocycles. The van der Waals surface area contributed by atoms with Gasteiger partial charge in [0.2, 0.25) is 16.6 Å². The molecule has 0 radical (unpaired) electrons. The van der Waals surface area contributed by atoms with Gasteiger partial charge in [-0.25, -0.2) is 14.0 Å². The van der Waals surface area contributed by atoms with Crippen molar-refractivity contribution >= 4 is 45.8 Å². The van der Waals surface area contributed by atoms with Crippen molar-refractivity contribution < 1.29 is 56.4 Å². The molecule has 1 aromatic heterocycles. The average molecular weight is 721 g/mol. The van der Waals surface area contributed by atoms with E-state index < -0.39 is 85.8 Å². The van der Waals surface area contributed by atoms with Crippen LogP contribution in [-0.4, -0.2) is 53.9 Å². The number of fused-ring (bicyclic) bond motifs is 8. The fourth-order valence-electron chi connectivity index (χ4n) is 9.48. The molecule has 2 aliphatic carbocycles. The Morgan fingerprint density at radius 1 is 0.769 bits per heavy atom. The van der Waals surface area contributed by atoms with E-state index in [1.807, 2.05) is 0 Å². The van der Waals surface area contributed by atoms with Crippen molar-refractivity contribution in [2.75, 3.05) is 7.11 Å². The van der Waals surface area contributed by atoms with E-state index in [1.165, 1.54) is 19.2 Å². The summed E-state index contributed by atoms with van der Waals surface area (Å²) in [6.45, 7) is 13.9. The number of methoxy groups -OCH3 is 1. The van der Waals surface area contributed by atoms with Crippen molar-refractivity contribution in [1.82, 2.24) is 0 Å². The monoisotopic (exact) mass is 720 g/mol. The molecule has 4 heterocycles. The summed E-state index contributed by atoms with van der Waals surface area (Å²) in [5.41, 5.74) is -9.28. The lowest BCUT2D eigenvalue weighted by molar-refractivity contribution is -0.217. The Morgan fingerprint density at radius 3 is 1.83 bits per heavy atom. The van der Waals surface area contributed by atoms with Gasteiger partial charge in [-0.15, -0.1) is 0 Å². The van der Waals surface area contributed by atoms with Crippen molar-refractivity contribution in [2.45, 2.75) is 110 Å². The molecule has 8 rings (SSSR count). The van der Waals surface area contributed by atoms with E-state index >= 15 is 0 Å². The van der Waals surface area contributed by atoms with Crippen LogP contribution in [0.1, 0.15) is 92.7 Å². The Labute approximate surface area is 298 Å². The van der Waals surface area contributed by atoms with Crippen LogP contribution in [0, 0.1) is 27.5 Å². The predicted octanol–water partition coefficient (Wildman–Crippen LogP) is 6.00. The molecule has 3 aromatic rings. The van der Waals surface area contributed by atoms with E-state index in [9.17, 15) is 28.4 Å². The zero-order valence-electron chi connectivity index (χ0n) is 30.6. The van der Waals surface area contributed by atoms with Gasteiger partial charge in [0.05, 0.1) is 28.9 Å². The van der Waals surface area contributed by atoms with E-state index in [-0.39, 0.29) is 51.8 Å². The van der Waals surface area contributed by atoms with Gasteiger partial charge in [0.1, 0.15) is 33.9 Å².